The van der Waals surface area contributed by atoms with E-state index in [1.54, 1.807) is 0 Å². The van der Waals surface area contributed by atoms with Gasteiger partial charge in [-0.05, 0) is 71.2 Å². The van der Waals surface area contributed by atoms with Crippen molar-refractivity contribution in [1.82, 2.24) is 0 Å². The van der Waals surface area contributed by atoms with Gasteiger partial charge in [0.2, 0.25) is 0 Å². The van der Waals surface area contributed by atoms with E-state index in [2.05, 4.69) is 93.6 Å². The molecule has 3 aliphatic carbocycles. The Morgan fingerprint density at radius 2 is 0.976 bits per heavy atom. The van der Waals surface area contributed by atoms with Crippen molar-refractivity contribution in [3.63, 3.8) is 0 Å². The number of ketones is 2. The molecule has 42 heavy (non-hydrogen) atoms. The number of hydrogen-bond donors (Lipinski definition) is 0. The molecule has 2 nitrogen and oxygen atoms in total. The Kier molecular flexibility index (Phi) is 5.76. The normalized spacial score (nSPS) is 29.9. The van der Waals surface area contributed by atoms with Crippen LogP contribution in [0.3, 0.4) is 0 Å². The highest BCUT2D eigenvalue weighted by atomic mass is 16.1. The molecule has 4 atom stereocenters. The zero-order valence-corrected chi connectivity index (χ0v) is 24.8. The third kappa shape index (κ3) is 2.68. The van der Waals surface area contributed by atoms with Crippen molar-refractivity contribution >= 4 is 28.3 Å². The minimum absolute atomic E-state index is 0.118. The third-order valence-electron chi connectivity index (χ3n) is 11.1. The Labute approximate surface area is 248 Å². The molecule has 2 heteroatoms. The molecule has 2 bridgehead atoms. The number of hydrogen-bond acceptors (Lipinski definition) is 2. The Morgan fingerprint density at radius 1 is 0.548 bits per heavy atom. The van der Waals surface area contributed by atoms with Gasteiger partial charge in [0.1, 0.15) is 0 Å². The molecule has 0 spiro atoms. The van der Waals surface area contributed by atoms with Crippen molar-refractivity contribution < 1.29 is 9.59 Å². The predicted octanol–water partition coefficient (Wildman–Crippen LogP) is 8.99. The monoisotopic (exact) mass is 548 g/mol. The number of allylic oxidation sites excluding steroid dienone is 4. The van der Waals surface area contributed by atoms with E-state index in [0.29, 0.717) is 12.8 Å². The van der Waals surface area contributed by atoms with Crippen molar-refractivity contribution in [2.45, 2.75) is 46.0 Å². The first-order valence-electron chi connectivity index (χ1n) is 15.2. The molecule has 0 saturated heterocycles. The summed E-state index contributed by atoms with van der Waals surface area (Å²) in [5, 5.41) is 0. The van der Waals surface area contributed by atoms with E-state index in [-0.39, 0.29) is 11.6 Å². The summed E-state index contributed by atoms with van der Waals surface area (Å²) in [4.78, 5) is 31.1. The van der Waals surface area contributed by atoms with Crippen LogP contribution in [0.25, 0.3) is 16.7 Å². The number of rotatable bonds is 6. The maximum atomic E-state index is 15.8. The topological polar surface area (TPSA) is 34.1 Å². The first kappa shape index (κ1) is 26.6. The number of fused-ring (bicyclic) bond motifs is 5. The van der Waals surface area contributed by atoms with Crippen LogP contribution in [0.1, 0.15) is 62.8 Å². The van der Waals surface area contributed by atoms with Crippen molar-refractivity contribution in [1.29, 1.82) is 0 Å². The maximum Gasteiger partial charge on any atom is 0.167 e. The lowest BCUT2D eigenvalue weighted by molar-refractivity contribution is -0.137. The van der Waals surface area contributed by atoms with Gasteiger partial charge in [-0.3, -0.25) is 9.59 Å². The second-order valence-electron chi connectivity index (χ2n) is 12.3. The van der Waals surface area contributed by atoms with Crippen LogP contribution >= 0.6 is 0 Å². The summed E-state index contributed by atoms with van der Waals surface area (Å²) in [6.45, 7) is 8.43. The van der Waals surface area contributed by atoms with Crippen molar-refractivity contribution in [2.24, 2.45) is 16.2 Å². The van der Waals surface area contributed by atoms with E-state index in [4.69, 9.17) is 0 Å². The molecule has 0 heterocycles. The molecule has 1 fully saturated rings. The lowest BCUT2D eigenvalue weighted by Gasteiger charge is -2.57. The SMILES string of the molecule is CCC12C(=O)C(C)(C(c3ccccc3)=C1c1ccccc1)C1(c3ccccc3)C(c3ccccc3)=C(C)C(=O)C21CC. The molecular weight excluding hydrogens is 512 g/mol. The van der Waals surface area contributed by atoms with Gasteiger partial charge in [-0.2, -0.15) is 0 Å². The van der Waals surface area contributed by atoms with E-state index in [9.17, 15) is 0 Å². The average Bonchev–Trinajstić information content (AvgIpc) is 3.46. The first-order valence-corrected chi connectivity index (χ1v) is 15.2. The Bertz CT molecular complexity index is 1780. The van der Waals surface area contributed by atoms with E-state index in [0.717, 1.165) is 44.5 Å². The smallest absolute Gasteiger partial charge is 0.167 e. The standard InChI is InChI=1S/C40H36O2/c1-5-38-34(30-23-15-9-16-24-30)33(29-21-13-8-14-22-29)37(4,36(38)42)40(31-25-17-10-18-26-31)32(28-19-11-7-12-20-28)27(3)35(41)39(38,40)6-2/h7-26H,5-6H2,1-4H3. The largest absolute Gasteiger partial charge is 0.298 e. The molecule has 0 radical (unpaired) electrons. The maximum absolute atomic E-state index is 15.8. The van der Waals surface area contributed by atoms with Crippen molar-refractivity contribution in [2.75, 3.05) is 0 Å². The second kappa shape index (κ2) is 9.10. The van der Waals surface area contributed by atoms with Crippen molar-refractivity contribution in [3.05, 3.63) is 149 Å². The van der Waals surface area contributed by atoms with Gasteiger partial charge in [0.15, 0.2) is 11.6 Å². The third-order valence-corrected chi connectivity index (χ3v) is 11.1. The van der Waals surface area contributed by atoms with Gasteiger partial charge in [0.25, 0.3) is 0 Å². The fraction of sp³-hybridized carbons (Fsp3) is 0.250. The van der Waals surface area contributed by atoms with Gasteiger partial charge in [-0.1, -0.05) is 135 Å². The summed E-state index contributed by atoms with van der Waals surface area (Å²) in [6, 6.07) is 41.6. The summed E-state index contributed by atoms with van der Waals surface area (Å²) in [5.74, 6) is 0.294. The highest BCUT2D eigenvalue weighted by Gasteiger charge is 2.89. The lowest BCUT2D eigenvalue weighted by atomic mass is 9.42. The minimum Gasteiger partial charge on any atom is -0.298 e. The van der Waals surface area contributed by atoms with Crippen LogP contribution in [0, 0.1) is 16.2 Å². The highest BCUT2D eigenvalue weighted by Crippen LogP contribution is 2.87. The molecule has 7 rings (SSSR count). The molecule has 208 valence electrons. The van der Waals surface area contributed by atoms with Gasteiger partial charge in [0.05, 0.1) is 21.7 Å². The average molecular weight is 549 g/mol. The minimum atomic E-state index is -1.01. The number of carbonyl (C=O) groups is 2. The first-order chi connectivity index (χ1) is 20.4. The van der Waals surface area contributed by atoms with Crippen molar-refractivity contribution in [3.8, 4) is 0 Å². The van der Waals surface area contributed by atoms with Crippen LogP contribution in [0.5, 0.6) is 0 Å². The summed E-state index contributed by atoms with van der Waals surface area (Å²) in [5.41, 5.74) is 4.13. The fourth-order valence-corrected chi connectivity index (χ4v) is 9.98. The molecule has 0 N–H and O–H groups in total. The molecule has 0 aliphatic heterocycles. The number of benzene rings is 4. The van der Waals surface area contributed by atoms with Gasteiger partial charge in [-0.25, -0.2) is 0 Å². The fourth-order valence-electron chi connectivity index (χ4n) is 9.98. The summed E-state index contributed by atoms with van der Waals surface area (Å²) in [7, 11) is 0. The van der Waals surface area contributed by atoms with Crippen LogP contribution < -0.4 is 0 Å². The molecule has 4 aromatic rings. The van der Waals surface area contributed by atoms with Crippen LogP contribution in [0.15, 0.2) is 127 Å². The van der Waals surface area contributed by atoms with Crippen LogP contribution in [-0.2, 0) is 15.0 Å². The van der Waals surface area contributed by atoms with Gasteiger partial charge in [0, 0.05) is 0 Å². The van der Waals surface area contributed by atoms with Crippen LogP contribution in [0.4, 0.5) is 0 Å². The second-order valence-corrected chi connectivity index (χ2v) is 12.3. The molecule has 3 aliphatic rings. The predicted molar refractivity (Wildman–Crippen MR) is 170 cm³/mol. The molecule has 0 aromatic heterocycles. The lowest BCUT2D eigenvalue weighted by Crippen LogP contribution is -2.58. The molecule has 4 aromatic carbocycles. The van der Waals surface area contributed by atoms with E-state index < -0.39 is 21.7 Å². The molecule has 0 amide bonds. The van der Waals surface area contributed by atoms with Crippen LogP contribution in [0.2, 0.25) is 0 Å². The van der Waals surface area contributed by atoms with Gasteiger partial charge < -0.3 is 0 Å². The van der Waals surface area contributed by atoms with Crippen LogP contribution in [-0.4, -0.2) is 11.6 Å². The molecular formula is C40H36O2. The molecule has 1 saturated carbocycles. The zero-order chi connectivity index (χ0) is 29.3. The zero-order valence-electron chi connectivity index (χ0n) is 24.8. The van der Waals surface area contributed by atoms with E-state index >= 15 is 9.59 Å². The van der Waals surface area contributed by atoms with Gasteiger partial charge >= 0.3 is 0 Å². The Morgan fingerprint density at radius 3 is 1.43 bits per heavy atom. The molecule has 4 unspecified atom stereocenters. The summed E-state index contributed by atoms with van der Waals surface area (Å²) >= 11 is 0. The number of Topliss-reactive ketones (excluding diaryl/α,β-unsaturated/α-hetero) is 2. The summed E-state index contributed by atoms with van der Waals surface area (Å²) < 4.78 is 0. The summed E-state index contributed by atoms with van der Waals surface area (Å²) in [6.07, 6.45) is 1.10. The Balaban J connectivity index is 1.77. The van der Waals surface area contributed by atoms with Gasteiger partial charge in [-0.15, -0.1) is 0 Å². The van der Waals surface area contributed by atoms with E-state index in [1.165, 1.54) is 0 Å². The quantitative estimate of drug-likeness (QED) is 0.241. The Hall–Kier alpha value is -4.30. The highest BCUT2D eigenvalue weighted by molar-refractivity contribution is 6.33. The number of carbonyl (C=O) groups excluding carboxylic acids is 2. The van der Waals surface area contributed by atoms with E-state index in [1.807, 2.05) is 55.5 Å².